The highest BCUT2D eigenvalue weighted by molar-refractivity contribution is 6.03. The van der Waals surface area contributed by atoms with Crippen LogP contribution in [0.3, 0.4) is 0 Å². The van der Waals surface area contributed by atoms with Gasteiger partial charge in [-0.1, -0.05) is 18.2 Å². The molecule has 0 fully saturated rings. The molecule has 1 N–H and O–H groups in total. The second kappa shape index (κ2) is 8.79. The van der Waals surface area contributed by atoms with Crippen molar-refractivity contribution in [1.29, 1.82) is 0 Å². The number of amides is 1. The second-order valence-corrected chi connectivity index (χ2v) is 6.80. The molecule has 0 saturated heterocycles. The van der Waals surface area contributed by atoms with Gasteiger partial charge >= 0.3 is 6.09 Å². The Balaban J connectivity index is 1.94. The number of nitrogens with one attached hydrogen (secondary N) is 1. The van der Waals surface area contributed by atoms with E-state index in [9.17, 15) is 4.79 Å². The molecule has 0 aliphatic heterocycles. The zero-order chi connectivity index (χ0) is 21.8. The minimum Gasteiger partial charge on any atom is -0.497 e. The van der Waals surface area contributed by atoms with Gasteiger partial charge in [0.25, 0.3) is 0 Å². The predicted octanol–water partition coefficient (Wildman–Crippen LogP) is 4.86. The van der Waals surface area contributed by atoms with Crippen LogP contribution in [0.4, 0.5) is 16.2 Å². The number of carbonyl (C=O) groups excluding carboxylic acids is 1. The van der Waals surface area contributed by atoms with E-state index in [1.54, 1.807) is 14.2 Å². The molecule has 7 heteroatoms. The summed E-state index contributed by atoms with van der Waals surface area (Å²) in [5.74, 6) is 1.39. The lowest BCUT2D eigenvalue weighted by Crippen LogP contribution is -2.28. The van der Waals surface area contributed by atoms with Crippen LogP contribution in [-0.2, 0) is 4.74 Å². The third-order valence-electron chi connectivity index (χ3n) is 5.02. The molecule has 0 aliphatic carbocycles. The Morgan fingerprint density at radius 3 is 2.48 bits per heavy atom. The van der Waals surface area contributed by atoms with Crippen LogP contribution >= 0.6 is 0 Å². The Morgan fingerprint density at radius 1 is 0.968 bits per heavy atom. The normalized spacial score (nSPS) is 10.7. The first-order valence-electron chi connectivity index (χ1n) is 9.77. The largest absolute Gasteiger partial charge is 0.497 e. The minimum atomic E-state index is -0.518. The number of aromatic nitrogens is 1. The fourth-order valence-electron chi connectivity index (χ4n) is 3.49. The van der Waals surface area contributed by atoms with E-state index in [1.807, 2.05) is 65.6 Å². The Bertz CT molecular complexity index is 1230. The van der Waals surface area contributed by atoms with Crippen molar-refractivity contribution < 1.29 is 19.0 Å². The number of fused-ring (bicyclic) bond motifs is 2. The number of pyridine rings is 1. The van der Waals surface area contributed by atoms with Crippen LogP contribution in [0.2, 0.25) is 0 Å². The molecule has 3 aromatic carbocycles. The summed E-state index contributed by atoms with van der Waals surface area (Å²) in [5, 5.41) is 4.32. The van der Waals surface area contributed by atoms with Gasteiger partial charge in [0.15, 0.2) is 6.73 Å². The van der Waals surface area contributed by atoms with Crippen molar-refractivity contribution in [3.8, 4) is 11.5 Å². The van der Waals surface area contributed by atoms with E-state index in [2.05, 4.69) is 11.4 Å². The standard InChI is InChI=1S/C24H23N3O4/c1-25-24(28)31-15-27(17-7-5-4-6-8-17)23-19-13-16-9-10-18(29-2)14-21(16)26-20(19)11-12-22(23)30-3/h4-14H,15H2,1-3H3,(H,25,28). The van der Waals surface area contributed by atoms with E-state index in [-0.39, 0.29) is 6.73 Å². The van der Waals surface area contributed by atoms with Crippen molar-refractivity contribution in [2.75, 3.05) is 32.9 Å². The molecular weight excluding hydrogens is 394 g/mol. The van der Waals surface area contributed by atoms with E-state index in [0.29, 0.717) is 5.75 Å². The van der Waals surface area contributed by atoms with Crippen LogP contribution < -0.4 is 19.7 Å². The smallest absolute Gasteiger partial charge is 0.408 e. The number of ether oxygens (including phenoxy) is 3. The Kier molecular flexibility index (Phi) is 5.75. The minimum absolute atomic E-state index is 0.000189. The Labute approximate surface area is 180 Å². The molecule has 4 rings (SSSR count). The molecule has 31 heavy (non-hydrogen) atoms. The third kappa shape index (κ3) is 4.02. The molecule has 0 saturated carbocycles. The van der Waals surface area contributed by atoms with Gasteiger partial charge in [-0.3, -0.25) is 0 Å². The van der Waals surface area contributed by atoms with Gasteiger partial charge in [0.2, 0.25) is 0 Å². The molecule has 4 aromatic rings. The average molecular weight is 417 g/mol. The maximum Gasteiger partial charge on any atom is 0.408 e. The van der Waals surface area contributed by atoms with Crippen LogP contribution in [0.1, 0.15) is 0 Å². The van der Waals surface area contributed by atoms with Gasteiger partial charge in [0.1, 0.15) is 11.5 Å². The van der Waals surface area contributed by atoms with Gasteiger partial charge in [-0.15, -0.1) is 0 Å². The number of nitrogens with zero attached hydrogens (tertiary/aromatic N) is 2. The summed E-state index contributed by atoms with van der Waals surface area (Å²) in [6, 6.07) is 21.3. The van der Waals surface area contributed by atoms with Crippen LogP contribution in [0.25, 0.3) is 21.8 Å². The van der Waals surface area contributed by atoms with Crippen molar-refractivity contribution in [1.82, 2.24) is 10.3 Å². The van der Waals surface area contributed by atoms with Crippen LogP contribution in [-0.4, -0.2) is 39.1 Å². The van der Waals surface area contributed by atoms with Gasteiger partial charge in [-0.2, -0.15) is 0 Å². The summed E-state index contributed by atoms with van der Waals surface area (Å²) >= 11 is 0. The van der Waals surface area contributed by atoms with Gasteiger partial charge in [0.05, 0.1) is 30.9 Å². The number of carbonyl (C=O) groups is 1. The van der Waals surface area contributed by atoms with E-state index >= 15 is 0 Å². The van der Waals surface area contributed by atoms with E-state index < -0.39 is 6.09 Å². The summed E-state index contributed by atoms with van der Waals surface area (Å²) in [6.45, 7) is -0.000189. The van der Waals surface area contributed by atoms with Crippen molar-refractivity contribution in [2.24, 2.45) is 0 Å². The number of rotatable bonds is 6. The topological polar surface area (TPSA) is 72.9 Å². The van der Waals surface area contributed by atoms with Crippen molar-refractivity contribution in [3.05, 3.63) is 66.7 Å². The molecule has 0 unspecified atom stereocenters. The third-order valence-corrected chi connectivity index (χ3v) is 5.02. The number of hydrogen-bond acceptors (Lipinski definition) is 6. The molecule has 7 nitrogen and oxygen atoms in total. The SMILES string of the molecule is CNC(=O)OCN(c1ccccc1)c1c(OC)ccc2nc3cc(OC)ccc3cc12. The van der Waals surface area contributed by atoms with Gasteiger partial charge in [-0.05, 0) is 42.5 Å². The Morgan fingerprint density at radius 2 is 1.77 bits per heavy atom. The first kappa shape index (κ1) is 20.3. The molecule has 0 bridgehead atoms. The van der Waals surface area contributed by atoms with Gasteiger partial charge in [0, 0.05) is 29.6 Å². The van der Waals surface area contributed by atoms with Crippen molar-refractivity contribution >= 4 is 39.3 Å². The van der Waals surface area contributed by atoms with Crippen LogP contribution in [0, 0.1) is 0 Å². The average Bonchev–Trinajstić information content (AvgIpc) is 2.82. The quantitative estimate of drug-likeness (QED) is 0.357. The molecule has 0 radical (unpaired) electrons. The highest BCUT2D eigenvalue weighted by Gasteiger charge is 2.20. The number of methoxy groups -OCH3 is 2. The van der Waals surface area contributed by atoms with E-state index in [4.69, 9.17) is 19.2 Å². The van der Waals surface area contributed by atoms with Crippen LogP contribution in [0.15, 0.2) is 66.7 Å². The lowest BCUT2D eigenvalue weighted by Gasteiger charge is -2.27. The summed E-state index contributed by atoms with van der Waals surface area (Å²) < 4.78 is 16.4. The van der Waals surface area contributed by atoms with E-state index in [1.165, 1.54) is 7.05 Å². The zero-order valence-electron chi connectivity index (χ0n) is 17.6. The summed E-state index contributed by atoms with van der Waals surface area (Å²) in [6.07, 6.45) is -0.518. The maximum absolute atomic E-state index is 11.8. The number of para-hydroxylation sites is 1. The predicted molar refractivity (Wildman–Crippen MR) is 121 cm³/mol. The highest BCUT2D eigenvalue weighted by atomic mass is 16.6. The fourth-order valence-corrected chi connectivity index (χ4v) is 3.49. The Hall–Kier alpha value is -4.00. The summed E-state index contributed by atoms with van der Waals surface area (Å²) in [7, 11) is 4.78. The molecule has 1 aromatic heterocycles. The molecule has 0 aliphatic rings. The lowest BCUT2D eigenvalue weighted by molar-refractivity contribution is 0.151. The zero-order valence-corrected chi connectivity index (χ0v) is 17.6. The second-order valence-electron chi connectivity index (χ2n) is 6.80. The van der Waals surface area contributed by atoms with Crippen molar-refractivity contribution in [3.63, 3.8) is 0 Å². The number of hydrogen-bond donors (Lipinski definition) is 1. The molecule has 158 valence electrons. The first-order chi connectivity index (χ1) is 15.1. The van der Waals surface area contributed by atoms with Gasteiger partial charge in [-0.25, -0.2) is 9.78 Å². The number of benzene rings is 3. The molecule has 0 spiro atoms. The maximum atomic E-state index is 11.8. The molecular formula is C24H23N3O4. The van der Waals surface area contributed by atoms with E-state index in [0.717, 1.165) is 38.9 Å². The fraction of sp³-hybridized carbons (Fsp3) is 0.167. The molecule has 1 heterocycles. The van der Waals surface area contributed by atoms with Crippen molar-refractivity contribution in [2.45, 2.75) is 0 Å². The van der Waals surface area contributed by atoms with Crippen LogP contribution in [0.5, 0.6) is 11.5 Å². The summed E-state index contributed by atoms with van der Waals surface area (Å²) in [5.41, 5.74) is 3.24. The highest BCUT2D eigenvalue weighted by Crippen LogP contribution is 2.40. The lowest BCUT2D eigenvalue weighted by atomic mass is 10.1. The summed E-state index contributed by atoms with van der Waals surface area (Å²) in [4.78, 5) is 18.5. The van der Waals surface area contributed by atoms with Gasteiger partial charge < -0.3 is 24.4 Å². The molecule has 1 amide bonds. The number of alkyl carbamates (subject to hydrolysis) is 1. The molecule has 0 atom stereocenters. The number of anilines is 2. The monoisotopic (exact) mass is 417 g/mol. The first-order valence-corrected chi connectivity index (χ1v) is 9.77.